The first-order valence-corrected chi connectivity index (χ1v) is 11.1. The van der Waals surface area contributed by atoms with Gasteiger partial charge in [0.25, 0.3) is 5.91 Å². The van der Waals surface area contributed by atoms with Crippen molar-refractivity contribution in [1.82, 2.24) is 19.6 Å². The first kappa shape index (κ1) is 23.5. The van der Waals surface area contributed by atoms with E-state index in [1.54, 1.807) is 24.9 Å². The van der Waals surface area contributed by atoms with Crippen LogP contribution in [0.3, 0.4) is 0 Å². The molecule has 0 atom stereocenters. The minimum Gasteiger partial charge on any atom is -0.466 e. The predicted octanol–water partition coefficient (Wildman–Crippen LogP) is 2.42. The fourth-order valence-electron chi connectivity index (χ4n) is 4.03. The Morgan fingerprint density at radius 1 is 1.16 bits per heavy atom. The number of carbonyl (C=O) groups excluding carboxylic acids is 3. The Morgan fingerprint density at radius 3 is 2.50 bits per heavy atom. The molecule has 1 aliphatic heterocycles. The number of aromatic nitrogens is 2. The van der Waals surface area contributed by atoms with Crippen LogP contribution in [0.1, 0.15) is 47.1 Å². The molecule has 0 spiro atoms. The summed E-state index contributed by atoms with van der Waals surface area (Å²) >= 11 is 0. The van der Waals surface area contributed by atoms with Crippen molar-refractivity contribution in [2.24, 2.45) is 5.92 Å². The number of rotatable bonds is 7. The maximum Gasteiger partial charge on any atom is 0.309 e. The van der Waals surface area contributed by atoms with Gasteiger partial charge in [-0.05, 0) is 57.4 Å². The molecule has 0 N–H and O–H groups in total. The number of likely N-dealkylation sites (N-methyl/N-ethyl adjacent to an activating group) is 1. The number of likely N-dealkylation sites (tertiary alicyclic amines) is 1. The second kappa shape index (κ2) is 10.4. The molecule has 1 aliphatic rings. The molecule has 0 saturated carbocycles. The molecule has 2 amide bonds. The highest BCUT2D eigenvalue weighted by atomic mass is 16.5. The van der Waals surface area contributed by atoms with E-state index in [9.17, 15) is 14.4 Å². The first-order chi connectivity index (χ1) is 15.3. The van der Waals surface area contributed by atoms with Gasteiger partial charge in [0, 0.05) is 31.4 Å². The molecule has 0 unspecified atom stereocenters. The standard InChI is InChI=1S/C24H32N4O4/c1-5-32-24(31)20-9-11-27(12-10-20)22(29)16-26(4)23(30)21-8-6-7-19(14-21)15-28-18(3)13-17(2)25-28/h6-8,13-14,20H,5,9-12,15-16H2,1-4H3. The van der Waals surface area contributed by atoms with Crippen LogP contribution in [0.2, 0.25) is 0 Å². The number of esters is 1. The highest BCUT2D eigenvalue weighted by Crippen LogP contribution is 2.19. The molecular weight excluding hydrogens is 408 g/mol. The number of ether oxygens (including phenoxy) is 1. The van der Waals surface area contributed by atoms with Crippen molar-refractivity contribution < 1.29 is 19.1 Å². The number of hydrogen-bond acceptors (Lipinski definition) is 5. The molecule has 0 bridgehead atoms. The lowest BCUT2D eigenvalue weighted by atomic mass is 9.97. The van der Waals surface area contributed by atoms with E-state index in [0.29, 0.717) is 44.6 Å². The lowest BCUT2D eigenvalue weighted by Crippen LogP contribution is -2.45. The number of nitrogens with zero attached hydrogens (tertiary/aromatic N) is 4. The Balaban J connectivity index is 1.56. The third kappa shape index (κ3) is 5.75. The summed E-state index contributed by atoms with van der Waals surface area (Å²) in [6.07, 6.45) is 1.19. The van der Waals surface area contributed by atoms with Gasteiger partial charge in [-0.3, -0.25) is 19.1 Å². The summed E-state index contributed by atoms with van der Waals surface area (Å²) in [4.78, 5) is 40.7. The van der Waals surface area contributed by atoms with Crippen molar-refractivity contribution in [1.29, 1.82) is 0 Å². The largest absolute Gasteiger partial charge is 0.466 e. The van der Waals surface area contributed by atoms with Crippen LogP contribution in [0.25, 0.3) is 0 Å². The van der Waals surface area contributed by atoms with Gasteiger partial charge < -0.3 is 14.5 Å². The SMILES string of the molecule is CCOC(=O)C1CCN(C(=O)CN(C)C(=O)c2cccc(Cn3nc(C)cc3C)c2)CC1. The highest BCUT2D eigenvalue weighted by Gasteiger charge is 2.29. The topological polar surface area (TPSA) is 84.7 Å². The number of hydrogen-bond donors (Lipinski definition) is 0. The lowest BCUT2D eigenvalue weighted by molar-refractivity contribution is -0.151. The second-order valence-electron chi connectivity index (χ2n) is 8.35. The third-order valence-corrected chi connectivity index (χ3v) is 5.80. The Hall–Kier alpha value is -3.16. The Bertz CT molecular complexity index is 976. The zero-order valence-electron chi connectivity index (χ0n) is 19.3. The van der Waals surface area contributed by atoms with Crippen LogP contribution in [0.5, 0.6) is 0 Å². The van der Waals surface area contributed by atoms with Crippen molar-refractivity contribution >= 4 is 17.8 Å². The molecule has 0 radical (unpaired) electrons. The molecule has 8 nitrogen and oxygen atoms in total. The minimum absolute atomic E-state index is 0.00456. The molecule has 8 heteroatoms. The Kier molecular flexibility index (Phi) is 7.66. The van der Waals surface area contributed by atoms with Crippen LogP contribution in [0, 0.1) is 19.8 Å². The summed E-state index contributed by atoms with van der Waals surface area (Å²) in [5.74, 6) is -0.646. The Morgan fingerprint density at radius 2 is 1.88 bits per heavy atom. The summed E-state index contributed by atoms with van der Waals surface area (Å²) in [6, 6.07) is 9.45. The maximum absolute atomic E-state index is 12.9. The quantitative estimate of drug-likeness (QED) is 0.618. The number of benzene rings is 1. The van der Waals surface area contributed by atoms with E-state index < -0.39 is 0 Å². The zero-order valence-corrected chi connectivity index (χ0v) is 19.3. The highest BCUT2D eigenvalue weighted by molar-refractivity contribution is 5.96. The van der Waals surface area contributed by atoms with E-state index in [1.807, 2.05) is 42.8 Å². The summed E-state index contributed by atoms with van der Waals surface area (Å²) in [6.45, 7) is 7.71. The molecule has 2 aromatic rings. The van der Waals surface area contributed by atoms with E-state index in [1.165, 1.54) is 4.90 Å². The van der Waals surface area contributed by atoms with Crippen LogP contribution in [0.15, 0.2) is 30.3 Å². The normalized spacial score (nSPS) is 14.3. The Labute approximate surface area is 189 Å². The van der Waals surface area contributed by atoms with E-state index in [2.05, 4.69) is 5.10 Å². The van der Waals surface area contributed by atoms with Crippen LogP contribution in [0.4, 0.5) is 0 Å². The maximum atomic E-state index is 12.9. The van der Waals surface area contributed by atoms with E-state index in [4.69, 9.17) is 4.74 Å². The molecule has 1 aromatic carbocycles. The van der Waals surface area contributed by atoms with Gasteiger partial charge in [0.2, 0.25) is 5.91 Å². The molecule has 172 valence electrons. The summed E-state index contributed by atoms with van der Waals surface area (Å²) in [5, 5.41) is 4.47. The van der Waals surface area contributed by atoms with Crippen molar-refractivity contribution in [2.45, 2.75) is 40.2 Å². The minimum atomic E-state index is -0.199. The van der Waals surface area contributed by atoms with Gasteiger partial charge in [-0.15, -0.1) is 0 Å². The van der Waals surface area contributed by atoms with Gasteiger partial charge in [0.1, 0.15) is 0 Å². The monoisotopic (exact) mass is 440 g/mol. The molecule has 2 heterocycles. The molecule has 1 saturated heterocycles. The summed E-state index contributed by atoms with van der Waals surface area (Å²) in [7, 11) is 1.64. The molecule has 3 rings (SSSR count). The zero-order chi connectivity index (χ0) is 23.3. The molecule has 32 heavy (non-hydrogen) atoms. The van der Waals surface area contributed by atoms with Crippen LogP contribution < -0.4 is 0 Å². The molecule has 0 aliphatic carbocycles. The van der Waals surface area contributed by atoms with Crippen molar-refractivity contribution in [2.75, 3.05) is 33.3 Å². The number of aryl methyl sites for hydroxylation is 2. The lowest BCUT2D eigenvalue weighted by Gasteiger charge is -2.32. The predicted molar refractivity (Wildman–Crippen MR) is 120 cm³/mol. The van der Waals surface area contributed by atoms with E-state index >= 15 is 0 Å². The number of carbonyl (C=O) groups is 3. The third-order valence-electron chi connectivity index (χ3n) is 5.80. The van der Waals surface area contributed by atoms with E-state index in [0.717, 1.165) is 17.0 Å². The number of amides is 2. The average Bonchev–Trinajstić information content (AvgIpc) is 3.10. The van der Waals surface area contributed by atoms with Gasteiger partial charge in [0.05, 0.1) is 31.3 Å². The molecule has 1 aromatic heterocycles. The fourth-order valence-corrected chi connectivity index (χ4v) is 4.03. The van der Waals surface area contributed by atoms with Crippen LogP contribution >= 0.6 is 0 Å². The van der Waals surface area contributed by atoms with Crippen molar-refractivity contribution in [3.8, 4) is 0 Å². The average molecular weight is 441 g/mol. The van der Waals surface area contributed by atoms with Gasteiger partial charge in [0.15, 0.2) is 0 Å². The first-order valence-electron chi connectivity index (χ1n) is 11.1. The summed E-state index contributed by atoms with van der Waals surface area (Å²) in [5.41, 5.74) is 3.54. The van der Waals surface area contributed by atoms with Crippen molar-refractivity contribution in [3.63, 3.8) is 0 Å². The molecular formula is C24H32N4O4. The molecule has 1 fully saturated rings. The van der Waals surface area contributed by atoms with Gasteiger partial charge in [-0.2, -0.15) is 5.10 Å². The second-order valence-corrected chi connectivity index (χ2v) is 8.35. The smallest absolute Gasteiger partial charge is 0.309 e. The van der Waals surface area contributed by atoms with Gasteiger partial charge >= 0.3 is 5.97 Å². The van der Waals surface area contributed by atoms with E-state index in [-0.39, 0.29) is 30.2 Å². The number of piperidine rings is 1. The van der Waals surface area contributed by atoms with Gasteiger partial charge in [-0.1, -0.05) is 12.1 Å². The summed E-state index contributed by atoms with van der Waals surface area (Å²) < 4.78 is 6.98. The fraction of sp³-hybridized carbons (Fsp3) is 0.500. The van der Waals surface area contributed by atoms with Crippen LogP contribution in [-0.4, -0.2) is 70.7 Å². The van der Waals surface area contributed by atoms with Gasteiger partial charge in [-0.25, -0.2) is 0 Å². The van der Waals surface area contributed by atoms with Crippen molar-refractivity contribution in [3.05, 3.63) is 52.8 Å². The van der Waals surface area contributed by atoms with Crippen LogP contribution in [-0.2, 0) is 20.9 Å².